The van der Waals surface area contributed by atoms with Gasteiger partial charge in [0.05, 0.1) is 18.1 Å². The second-order valence-corrected chi connectivity index (χ2v) is 7.86. The molecule has 0 spiro atoms. The molecule has 1 rings (SSSR count). The van der Waals surface area contributed by atoms with Crippen LogP contribution in [0.3, 0.4) is 0 Å². The summed E-state index contributed by atoms with van der Waals surface area (Å²) >= 11 is 0. The van der Waals surface area contributed by atoms with E-state index in [1.807, 2.05) is 0 Å². The summed E-state index contributed by atoms with van der Waals surface area (Å²) < 4.78 is 30.9. The quantitative estimate of drug-likeness (QED) is 0.588. The highest BCUT2D eigenvalue weighted by Gasteiger charge is 2.18. The lowest BCUT2D eigenvalue weighted by molar-refractivity contribution is 0.0884. The highest BCUT2D eigenvalue weighted by molar-refractivity contribution is 7.89. The summed E-state index contributed by atoms with van der Waals surface area (Å²) in [7, 11) is -0.643. The zero-order valence-electron chi connectivity index (χ0n) is 15.5. The van der Waals surface area contributed by atoms with Crippen LogP contribution in [0.1, 0.15) is 24.2 Å². The number of sulfonamides is 1. The Balaban J connectivity index is 2.46. The molecule has 0 aliphatic heterocycles. The van der Waals surface area contributed by atoms with E-state index in [2.05, 4.69) is 24.1 Å². The van der Waals surface area contributed by atoms with Gasteiger partial charge >= 0.3 is 0 Å². The number of hydrogen-bond acceptors (Lipinski definition) is 5. The van der Waals surface area contributed by atoms with Crippen LogP contribution in [0, 0.1) is 0 Å². The molecule has 0 radical (unpaired) electrons. The van der Waals surface area contributed by atoms with Crippen LogP contribution in [-0.4, -0.2) is 77.0 Å². The Morgan fingerprint density at radius 2 is 1.84 bits per heavy atom. The van der Waals surface area contributed by atoms with Crippen LogP contribution in [-0.2, 0) is 14.8 Å². The van der Waals surface area contributed by atoms with E-state index in [1.165, 1.54) is 26.2 Å². The van der Waals surface area contributed by atoms with E-state index in [-0.39, 0.29) is 10.8 Å². The highest BCUT2D eigenvalue weighted by atomic mass is 32.2. The van der Waals surface area contributed by atoms with Gasteiger partial charge in [0, 0.05) is 32.7 Å². The number of hydrogen-bond donors (Lipinski definition) is 1. The van der Waals surface area contributed by atoms with E-state index in [0.717, 1.165) is 23.9 Å². The Morgan fingerprint density at radius 3 is 2.44 bits per heavy atom. The van der Waals surface area contributed by atoms with E-state index in [1.54, 1.807) is 12.1 Å². The van der Waals surface area contributed by atoms with Crippen molar-refractivity contribution in [2.45, 2.75) is 18.7 Å². The summed E-state index contributed by atoms with van der Waals surface area (Å²) in [6.45, 7) is 8.47. The molecule has 25 heavy (non-hydrogen) atoms. The predicted molar refractivity (Wildman–Crippen MR) is 98.3 cm³/mol. The minimum absolute atomic E-state index is 0.0978. The molecule has 1 amide bonds. The van der Waals surface area contributed by atoms with E-state index in [9.17, 15) is 13.2 Å². The summed E-state index contributed by atoms with van der Waals surface area (Å²) in [5.74, 6) is -0.317. The Kier molecular flexibility index (Phi) is 9.05. The topological polar surface area (TPSA) is 79.0 Å². The molecule has 142 valence electrons. The summed E-state index contributed by atoms with van der Waals surface area (Å²) in [6, 6.07) is 6.01. The minimum atomic E-state index is -3.55. The predicted octanol–water partition coefficient (Wildman–Crippen LogP) is 1.03. The lowest BCUT2D eigenvalue weighted by atomic mass is 10.2. The van der Waals surface area contributed by atoms with Crippen molar-refractivity contribution < 1.29 is 17.9 Å². The molecule has 0 aromatic heterocycles. The molecule has 1 aromatic rings. The first-order chi connectivity index (χ1) is 11.8. The van der Waals surface area contributed by atoms with Gasteiger partial charge in [-0.1, -0.05) is 19.9 Å². The van der Waals surface area contributed by atoms with E-state index in [4.69, 9.17) is 4.74 Å². The number of likely N-dealkylation sites (N-methyl/N-ethyl adjacent to an activating group) is 1. The first-order valence-electron chi connectivity index (χ1n) is 8.43. The van der Waals surface area contributed by atoms with Crippen molar-refractivity contribution in [3.8, 4) is 0 Å². The van der Waals surface area contributed by atoms with Gasteiger partial charge in [0.2, 0.25) is 10.0 Å². The third-order valence-electron chi connectivity index (χ3n) is 3.85. The lowest BCUT2D eigenvalue weighted by Gasteiger charge is -2.17. The van der Waals surface area contributed by atoms with Crippen LogP contribution in [0.2, 0.25) is 0 Å². The Bertz CT molecular complexity index is 643. The number of benzene rings is 1. The second kappa shape index (κ2) is 10.5. The van der Waals surface area contributed by atoms with Crippen LogP contribution in [0.15, 0.2) is 29.2 Å². The zero-order chi connectivity index (χ0) is 18.9. The molecule has 8 heteroatoms. The second-order valence-electron chi connectivity index (χ2n) is 5.71. The zero-order valence-corrected chi connectivity index (χ0v) is 16.3. The molecule has 0 bridgehead atoms. The maximum atomic E-state index is 12.1. The van der Waals surface area contributed by atoms with Gasteiger partial charge in [-0.05, 0) is 31.3 Å². The van der Waals surface area contributed by atoms with Gasteiger partial charge in [0.15, 0.2) is 0 Å². The first-order valence-corrected chi connectivity index (χ1v) is 9.87. The number of ether oxygens (including phenoxy) is 1. The summed E-state index contributed by atoms with van der Waals surface area (Å²) in [5.41, 5.74) is 0.311. The van der Waals surface area contributed by atoms with Gasteiger partial charge in [0.25, 0.3) is 5.91 Å². The molecule has 0 unspecified atom stereocenters. The van der Waals surface area contributed by atoms with Crippen molar-refractivity contribution in [1.29, 1.82) is 0 Å². The molecule has 0 saturated carbocycles. The summed E-state index contributed by atoms with van der Waals surface area (Å²) in [5, 5.41) is 2.74. The average Bonchev–Trinajstić information content (AvgIpc) is 2.61. The van der Waals surface area contributed by atoms with Crippen LogP contribution in [0.5, 0.6) is 0 Å². The third-order valence-corrected chi connectivity index (χ3v) is 5.66. The first kappa shape index (κ1) is 21.6. The molecule has 7 nitrogen and oxygen atoms in total. The maximum absolute atomic E-state index is 12.1. The minimum Gasteiger partial charge on any atom is -0.378 e. The molecule has 0 aliphatic rings. The maximum Gasteiger partial charge on any atom is 0.251 e. The fraction of sp³-hybridized carbons (Fsp3) is 0.588. The molecule has 1 aromatic carbocycles. The number of carbonyl (C=O) groups is 1. The molecule has 0 atom stereocenters. The molecule has 0 fully saturated rings. The number of amides is 1. The fourth-order valence-electron chi connectivity index (χ4n) is 2.18. The molecule has 0 aliphatic carbocycles. The smallest absolute Gasteiger partial charge is 0.251 e. The normalized spacial score (nSPS) is 11.9. The van der Waals surface area contributed by atoms with Gasteiger partial charge in [-0.25, -0.2) is 12.7 Å². The van der Waals surface area contributed by atoms with Crippen molar-refractivity contribution in [3.05, 3.63) is 29.8 Å². The molecule has 1 N–H and O–H groups in total. The van der Waals surface area contributed by atoms with Gasteiger partial charge < -0.3 is 15.0 Å². The van der Waals surface area contributed by atoms with Crippen molar-refractivity contribution in [3.63, 3.8) is 0 Å². The van der Waals surface area contributed by atoms with Gasteiger partial charge in [-0.3, -0.25) is 4.79 Å². The molecule has 0 heterocycles. The standard InChI is InChI=1S/C17H29N3O4S/c1-5-20(6-2)11-13-24-12-10-18-17(21)15-8-7-9-16(14-15)25(22,23)19(3)4/h7-9,14H,5-6,10-13H2,1-4H3,(H,18,21). The van der Waals surface area contributed by atoms with Gasteiger partial charge in [-0.2, -0.15) is 0 Å². The lowest BCUT2D eigenvalue weighted by Crippen LogP contribution is -2.30. The van der Waals surface area contributed by atoms with Crippen molar-refractivity contribution in [2.24, 2.45) is 0 Å². The number of nitrogens with one attached hydrogen (secondary N) is 1. The number of nitrogens with zero attached hydrogens (tertiary/aromatic N) is 2. The van der Waals surface area contributed by atoms with Crippen LogP contribution >= 0.6 is 0 Å². The van der Waals surface area contributed by atoms with Crippen molar-refractivity contribution in [1.82, 2.24) is 14.5 Å². The van der Waals surface area contributed by atoms with Crippen molar-refractivity contribution >= 4 is 15.9 Å². The van der Waals surface area contributed by atoms with E-state index < -0.39 is 10.0 Å². The number of carbonyl (C=O) groups excluding carboxylic acids is 1. The summed E-state index contributed by atoms with van der Waals surface area (Å²) in [6.07, 6.45) is 0. The molecular weight excluding hydrogens is 342 g/mol. The van der Waals surface area contributed by atoms with Crippen LogP contribution < -0.4 is 5.32 Å². The third kappa shape index (κ3) is 6.74. The van der Waals surface area contributed by atoms with Gasteiger partial charge in [0.1, 0.15) is 0 Å². The molecular formula is C17H29N3O4S. The van der Waals surface area contributed by atoms with Crippen LogP contribution in [0.25, 0.3) is 0 Å². The average molecular weight is 372 g/mol. The Morgan fingerprint density at radius 1 is 1.16 bits per heavy atom. The van der Waals surface area contributed by atoms with E-state index >= 15 is 0 Å². The monoisotopic (exact) mass is 371 g/mol. The Labute approximate surface area is 151 Å². The van der Waals surface area contributed by atoms with Crippen LogP contribution in [0.4, 0.5) is 0 Å². The van der Waals surface area contributed by atoms with E-state index in [0.29, 0.717) is 25.3 Å². The summed E-state index contributed by atoms with van der Waals surface area (Å²) in [4.78, 5) is 14.5. The number of rotatable bonds is 11. The van der Waals surface area contributed by atoms with Gasteiger partial charge in [-0.15, -0.1) is 0 Å². The van der Waals surface area contributed by atoms with Crippen molar-refractivity contribution in [2.75, 3.05) is 53.5 Å². The Hall–Kier alpha value is -1.48. The molecule has 0 saturated heterocycles. The fourth-order valence-corrected chi connectivity index (χ4v) is 3.13. The SMILES string of the molecule is CCN(CC)CCOCCNC(=O)c1cccc(S(=O)(=O)N(C)C)c1. The highest BCUT2D eigenvalue weighted by Crippen LogP contribution is 2.14. The largest absolute Gasteiger partial charge is 0.378 e.